The van der Waals surface area contributed by atoms with Crippen LogP contribution in [0, 0.1) is 0 Å². The highest BCUT2D eigenvalue weighted by Crippen LogP contribution is 2.22. The van der Waals surface area contributed by atoms with E-state index in [1.807, 2.05) is 41.5 Å². The molecule has 0 fully saturated rings. The number of carbonyl (C=O) groups excluding carboxylic acids is 1. The summed E-state index contributed by atoms with van der Waals surface area (Å²) >= 11 is 0. The van der Waals surface area contributed by atoms with Gasteiger partial charge in [0.15, 0.2) is 0 Å². The molecule has 0 atom stereocenters. The Morgan fingerprint density at radius 3 is 2.18 bits per heavy atom. The summed E-state index contributed by atoms with van der Waals surface area (Å²) in [5.41, 5.74) is 5.43. The monoisotopic (exact) mass is 239 g/mol. The van der Waals surface area contributed by atoms with Crippen molar-refractivity contribution in [3.05, 3.63) is 11.8 Å². The van der Waals surface area contributed by atoms with E-state index >= 15 is 0 Å². The smallest absolute Gasteiger partial charge is 0.344 e. The average molecular weight is 239 g/mol. The van der Waals surface area contributed by atoms with Gasteiger partial charge < -0.3 is 10.5 Å². The predicted molar refractivity (Wildman–Crippen MR) is 66.8 cm³/mol. The molecule has 0 spiro atoms. The van der Waals surface area contributed by atoms with Crippen molar-refractivity contribution in [1.29, 1.82) is 0 Å². The third kappa shape index (κ3) is 3.22. The minimum absolute atomic E-state index is 0.260. The van der Waals surface area contributed by atoms with Crippen molar-refractivity contribution in [2.75, 3.05) is 5.73 Å². The third-order valence-electron chi connectivity index (χ3n) is 2.06. The molecule has 5 heteroatoms. The molecule has 0 saturated heterocycles. The summed E-state index contributed by atoms with van der Waals surface area (Å²) in [6.45, 7) is 11.3. The first-order valence-corrected chi connectivity index (χ1v) is 5.60. The van der Waals surface area contributed by atoms with Gasteiger partial charge in [-0.1, -0.05) is 0 Å². The molecule has 17 heavy (non-hydrogen) atoms. The van der Waals surface area contributed by atoms with Gasteiger partial charge in [-0.25, -0.2) is 9.48 Å². The normalized spacial score (nSPS) is 12.6. The van der Waals surface area contributed by atoms with E-state index in [4.69, 9.17) is 10.5 Å². The van der Waals surface area contributed by atoms with Gasteiger partial charge in [0.25, 0.3) is 0 Å². The summed E-state index contributed by atoms with van der Waals surface area (Å²) in [7, 11) is 0. The van der Waals surface area contributed by atoms with Crippen molar-refractivity contribution in [3.8, 4) is 0 Å². The Morgan fingerprint density at radius 1 is 1.29 bits per heavy atom. The van der Waals surface area contributed by atoms with E-state index in [1.165, 1.54) is 6.20 Å². The number of rotatable bonds is 1. The van der Waals surface area contributed by atoms with Crippen LogP contribution in [0.1, 0.15) is 51.9 Å². The van der Waals surface area contributed by atoms with E-state index < -0.39 is 11.6 Å². The molecule has 1 heterocycles. The van der Waals surface area contributed by atoms with Crippen LogP contribution >= 0.6 is 0 Å². The second-order valence-electron chi connectivity index (χ2n) is 6.03. The van der Waals surface area contributed by atoms with E-state index in [0.29, 0.717) is 11.4 Å². The number of esters is 1. The van der Waals surface area contributed by atoms with Crippen LogP contribution in [0.2, 0.25) is 0 Å². The van der Waals surface area contributed by atoms with Gasteiger partial charge in [-0.3, -0.25) is 0 Å². The first-order chi connectivity index (χ1) is 7.52. The molecular formula is C12H21N3O2. The Balaban J connectivity index is 3.02. The van der Waals surface area contributed by atoms with E-state index in [-0.39, 0.29) is 5.54 Å². The maximum atomic E-state index is 11.9. The van der Waals surface area contributed by atoms with Gasteiger partial charge in [0.05, 0.1) is 11.7 Å². The number of hydrogen-bond donors (Lipinski definition) is 1. The Morgan fingerprint density at radius 2 is 1.82 bits per heavy atom. The van der Waals surface area contributed by atoms with E-state index in [0.717, 1.165) is 0 Å². The first-order valence-electron chi connectivity index (χ1n) is 5.60. The van der Waals surface area contributed by atoms with E-state index in [1.54, 1.807) is 4.68 Å². The van der Waals surface area contributed by atoms with E-state index in [2.05, 4.69) is 5.10 Å². The zero-order valence-electron chi connectivity index (χ0n) is 11.4. The fourth-order valence-corrected chi connectivity index (χ4v) is 1.38. The maximum Gasteiger partial charge on any atom is 0.344 e. The fourth-order valence-electron chi connectivity index (χ4n) is 1.38. The maximum absolute atomic E-state index is 11.9. The average Bonchev–Trinajstić information content (AvgIpc) is 2.42. The molecule has 0 aliphatic heterocycles. The summed E-state index contributed by atoms with van der Waals surface area (Å²) in [5.74, 6) is -0.0998. The molecule has 0 aliphatic carbocycles. The lowest BCUT2D eigenvalue weighted by atomic mass is 10.1. The highest BCUT2D eigenvalue weighted by atomic mass is 16.6. The second kappa shape index (κ2) is 4.05. The highest BCUT2D eigenvalue weighted by molar-refractivity contribution is 5.94. The number of aromatic nitrogens is 2. The van der Waals surface area contributed by atoms with Crippen molar-refractivity contribution in [2.45, 2.75) is 52.7 Å². The number of ether oxygens (including phenoxy) is 1. The van der Waals surface area contributed by atoms with Gasteiger partial charge in [0, 0.05) is 0 Å². The van der Waals surface area contributed by atoms with Gasteiger partial charge in [-0.05, 0) is 41.5 Å². The third-order valence-corrected chi connectivity index (χ3v) is 2.06. The van der Waals surface area contributed by atoms with Crippen molar-refractivity contribution in [3.63, 3.8) is 0 Å². The molecule has 5 nitrogen and oxygen atoms in total. The number of hydrogen-bond acceptors (Lipinski definition) is 4. The fraction of sp³-hybridized carbons (Fsp3) is 0.667. The number of nitrogens with two attached hydrogens (primary N) is 1. The van der Waals surface area contributed by atoms with Crippen LogP contribution in [0.15, 0.2) is 6.20 Å². The molecular weight excluding hydrogens is 218 g/mol. The van der Waals surface area contributed by atoms with Gasteiger partial charge in [0.2, 0.25) is 0 Å². The minimum Gasteiger partial charge on any atom is -0.456 e. The Bertz CT molecular complexity index is 422. The highest BCUT2D eigenvalue weighted by Gasteiger charge is 2.25. The molecule has 0 radical (unpaired) electrons. The molecule has 0 aromatic carbocycles. The molecule has 1 aromatic rings. The summed E-state index contributed by atoms with van der Waals surface area (Å²) in [6.07, 6.45) is 1.45. The van der Waals surface area contributed by atoms with Crippen LogP contribution in [0.5, 0.6) is 0 Å². The van der Waals surface area contributed by atoms with Gasteiger partial charge in [-0.15, -0.1) is 0 Å². The number of nitrogens with zero attached hydrogens (tertiary/aromatic N) is 2. The summed E-state index contributed by atoms with van der Waals surface area (Å²) in [5, 5.41) is 4.13. The number of carbonyl (C=O) groups is 1. The number of nitrogen functional groups attached to an aromatic ring is 1. The molecule has 2 N–H and O–H groups in total. The van der Waals surface area contributed by atoms with Crippen LogP contribution in [-0.4, -0.2) is 21.4 Å². The molecule has 0 aliphatic rings. The largest absolute Gasteiger partial charge is 0.456 e. The Kier molecular flexibility index (Phi) is 3.23. The van der Waals surface area contributed by atoms with Gasteiger partial charge >= 0.3 is 5.97 Å². The van der Waals surface area contributed by atoms with Gasteiger partial charge in [0.1, 0.15) is 17.0 Å². The molecule has 0 bridgehead atoms. The molecule has 0 unspecified atom stereocenters. The lowest BCUT2D eigenvalue weighted by Gasteiger charge is -2.21. The van der Waals surface area contributed by atoms with Crippen molar-refractivity contribution in [1.82, 2.24) is 9.78 Å². The van der Waals surface area contributed by atoms with Crippen molar-refractivity contribution < 1.29 is 9.53 Å². The molecule has 0 amide bonds. The molecule has 1 aromatic heterocycles. The van der Waals surface area contributed by atoms with Crippen LogP contribution in [0.25, 0.3) is 0 Å². The zero-order valence-corrected chi connectivity index (χ0v) is 11.4. The Hall–Kier alpha value is -1.52. The standard InChI is InChI=1S/C12H21N3O2/c1-11(2,3)15-9(13)8(7-14-15)10(16)17-12(4,5)6/h7H,13H2,1-6H3. The lowest BCUT2D eigenvalue weighted by molar-refractivity contribution is 0.00707. The van der Waals surface area contributed by atoms with Crippen LogP contribution in [0.4, 0.5) is 5.82 Å². The van der Waals surface area contributed by atoms with Crippen LogP contribution in [-0.2, 0) is 10.3 Å². The SMILES string of the molecule is CC(C)(C)OC(=O)c1cnn(C(C)(C)C)c1N. The molecule has 1 rings (SSSR count). The lowest BCUT2D eigenvalue weighted by Crippen LogP contribution is -2.26. The molecule has 0 saturated carbocycles. The van der Waals surface area contributed by atoms with Gasteiger partial charge in [-0.2, -0.15) is 5.10 Å². The first kappa shape index (κ1) is 13.5. The molecule has 96 valence electrons. The second-order valence-corrected chi connectivity index (χ2v) is 6.03. The summed E-state index contributed by atoms with van der Waals surface area (Å²) in [4.78, 5) is 11.9. The topological polar surface area (TPSA) is 70.1 Å². The quantitative estimate of drug-likeness (QED) is 0.762. The summed E-state index contributed by atoms with van der Waals surface area (Å²) < 4.78 is 6.88. The van der Waals surface area contributed by atoms with Crippen molar-refractivity contribution >= 4 is 11.8 Å². The van der Waals surface area contributed by atoms with Crippen LogP contribution in [0.3, 0.4) is 0 Å². The zero-order chi connectivity index (χ0) is 13.4. The van der Waals surface area contributed by atoms with E-state index in [9.17, 15) is 4.79 Å². The predicted octanol–water partition coefficient (Wildman–Crippen LogP) is 2.18. The van der Waals surface area contributed by atoms with Crippen molar-refractivity contribution in [2.24, 2.45) is 0 Å². The minimum atomic E-state index is -0.534. The van der Waals surface area contributed by atoms with Crippen LogP contribution < -0.4 is 5.73 Å². The Labute approximate surface area is 102 Å². The summed E-state index contributed by atoms with van der Waals surface area (Å²) in [6, 6.07) is 0. The number of anilines is 1.